The first-order chi connectivity index (χ1) is 11.8. The van der Waals surface area contributed by atoms with E-state index in [1.807, 2.05) is 0 Å². The van der Waals surface area contributed by atoms with Gasteiger partial charge >= 0.3 is 6.18 Å². The molecular formula is C18H16F5NO. The Morgan fingerprint density at radius 2 is 1.72 bits per heavy atom. The first-order valence-electron chi connectivity index (χ1n) is 7.68. The highest BCUT2D eigenvalue weighted by Gasteiger charge is 2.67. The summed E-state index contributed by atoms with van der Waals surface area (Å²) in [4.78, 5) is 0.753. The number of benzene rings is 2. The van der Waals surface area contributed by atoms with Gasteiger partial charge in [0.1, 0.15) is 0 Å². The lowest BCUT2D eigenvalue weighted by Crippen LogP contribution is -2.62. The number of nitrogens with zero attached hydrogens (tertiary/aromatic N) is 1. The summed E-state index contributed by atoms with van der Waals surface area (Å²) in [5.41, 5.74) is -2.08. The number of aliphatic hydroxyl groups excluding tert-OH is 1. The molecule has 1 aliphatic heterocycles. The second kappa shape index (κ2) is 6.29. The third-order valence-electron chi connectivity index (χ3n) is 4.59. The van der Waals surface area contributed by atoms with Crippen molar-refractivity contribution in [1.29, 1.82) is 0 Å². The van der Waals surface area contributed by atoms with Crippen molar-refractivity contribution in [1.82, 2.24) is 0 Å². The first kappa shape index (κ1) is 17.7. The van der Waals surface area contributed by atoms with Gasteiger partial charge in [-0.25, -0.2) is 8.78 Å². The number of hydrogen-bond donors (Lipinski definition) is 1. The molecule has 25 heavy (non-hydrogen) atoms. The fourth-order valence-electron chi connectivity index (χ4n) is 3.31. The van der Waals surface area contributed by atoms with Gasteiger partial charge in [0.15, 0.2) is 0 Å². The van der Waals surface area contributed by atoms with Crippen LogP contribution in [0.2, 0.25) is 0 Å². The highest BCUT2D eigenvalue weighted by Crippen LogP contribution is 2.51. The average Bonchev–Trinajstić information content (AvgIpc) is 2.90. The van der Waals surface area contributed by atoms with Crippen molar-refractivity contribution in [2.45, 2.75) is 37.7 Å². The number of alkyl halides is 5. The van der Waals surface area contributed by atoms with Crippen LogP contribution in [0.15, 0.2) is 48.5 Å². The maximum absolute atomic E-state index is 13.8. The Morgan fingerprint density at radius 1 is 1.04 bits per heavy atom. The number of halogens is 5. The third kappa shape index (κ3) is 2.86. The lowest BCUT2D eigenvalue weighted by molar-refractivity contribution is -0.218. The van der Waals surface area contributed by atoms with Gasteiger partial charge in [-0.15, -0.1) is 0 Å². The van der Waals surface area contributed by atoms with Crippen molar-refractivity contribution in [2.75, 3.05) is 4.90 Å². The molecule has 2 nitrogen and oxygen atoms in total. The van der Waals surface area contributed by atoms with E-state index >= 15 is 0 Å². The molecule has 0 spiro atoms. The highest BCUT2D eigenvalue weighted by molar-refractivity contribution is 5.64. The fourth-order valence-corrected chi connectivity index (χ4v) is 3.31. The van der Waals surface area contributed by atoms with Gasteiger partial charge in [-0.3, -0.25) is 0 Å². The summed E-state index contributed by atoms with van der Waals surface area (Å²) in [6.45, 7) is -0.643. The van der Waals surface area contributed by atoms with Gasteiger partial charge in [-0.1, -0.05) is 42.5 Å². The van der Waals surface area contributed by atoms with E-state index in [2.05, 4.69) is 0 Å². The number of rotatable bonds is 4. The number of aliphatic hydroxyl groups is 1. The third-order valence-corrected chi connectivity index (χ3v) is 4.59. The van der Waals surface area contributed by atoms with Gasteiger partial charge in [-0.05, 0) is 22.8 Å². The predicted molar refractivity (Wildman–Crippen MR) is 83.5 cm³/mol. The van der Waals surface area contributed by atoms with Crippen LogP contribution in [0.25, 0.3) is 0 Å². The van der Waals surface area contributed by atoms with Crippen LogP contribution in [0, 0.1) is 0 Å². The average molecular weight is 357 g/mol. The Balaban J connectivity index is 2.13. The largest absolute Gasteiger partial charge is 0.417 e. The van der Waals surface area contributed by atoms with E-state index in [0.29, 0.717) is 11.1 Å². The second-order valence-electron chi connectivity index (χ2n) is 6.09. The molecule has 134 valence electrons. The monoisotopic (exact) mass is 357 g/mol. The Morgan fingerprint density at radius 3 is 2.28 bits per heavy atom. The lowest BCUT2D eigenvalue weighted by Gasteiger charge is -2.40. The Hall–Kier alpha value is -2.15. The van der Waals surface area contributed by atoms with Crippen LogP contribution < -0.4 is 4.90 Å². The fraction of sp³-hybridized carbons (Fsp3) is 0.333. The molecule has 1 N–H and O–H groups in total. The van der Waals surface area contributed by atoms with Crippen molar-refractivity contribution in [2.24, 2.45) is 0 Å². The van der Waals surface area contributed by atoms with Crippen molar-refractivity contribution in [3.8, 4) is 0 Å². The zero-order chi connectivity index (χ0) is 18.2. The molecule has 1 heterocycles. The summed E-state index contributed by atoms with van der Waals surface area (Å²) in [6.07, 6.45) is -9.57. The summed E-state index contributed by atoms with van der Waals surface area (Å²) in [5, 5.41) is 9.19. The maximum Gasteiger partial charge on any atom is 0.417 e. The van der Waals surface area contributed by atoms with Crippen LogP contribution in [-0.4, -0.2) is 23.2 Å². The molecule has 0 bridgehead atoms. The second-order valence-corrected chi connectivity index (χ2v) is 6.09. The van der Waals surface area contributed by atoms with Gasteiger partial charge in [-0.2, -0.15) is 13.2 Å². The summed E-state index contributed by atoms with van der Waals surface area (Å²) in [6, 6.07) is 12.4. The zero-order valence-corrected chi connectivity index (χ0v) is 13.1. The minimum Gasteiger partial charge on any atom is -0.392 e. The summed E-state index contributed by atoms with van der Waals surface area (Å²) >= 11 is 0. The quantitative estimate of drug-likeness (QED) is 0.825. The molecule has 0 aliphatic carbocycles. The van der Waals surface area contributed by atoms with Crippen LogP contribution in [0.3, 0.4) is 0 Å². The molecule has 1 aliphatic rings. The molecule has 2 aromatic carbocycles. The van der Waals surface area contributed by atoms with Crippen LogP contribution >= 0.6 is 0 Å². The normalized spacial score (nSPS) is 20.2. The van der Waals surface area contributed by atoms with Crippen molar-refractivity contribution >= 4 is 5.69 Å². The minimum atomic E-state index is -5.12. The van der Waals surface area contributed by atoms with E-state index in [-0.39, 0.29) is 24.4 Å². The molecular weight excluding hydrogens is 341 g/mol. The Bertz CT molecular complexity index is 747. The van der Waals surface area contributed by atoms with E-state index in [1.165, 1.54) is 18.2 Å². The number of fused-ring (bicyclic) bond motifs is 1. The Kier molecular flexibility index (Phi) is 4.45. The van der Waals surface area contributed by atoms with Gasteiger partial charge in [0, 0.05) is 18.7 Å². The van der Waals surface area contributed by atoms with Gasteiger partial charge in [0.05, 0.1) is 6.61 Å². The zero-order valence-electron chi connectivity index (χ0n) is 13.1. The number of hydrogen-bond acceptors (Lipinski definition) is 2. The van der Waals surface area contributed by atoms with Crippen molar-refractivity contribution in [3.63, 3.8) is 0 Å². The Labute approximate surface area is 141 Å². The van der Waals surface area contributed by atoms with Gasteiger partial charge in [0.2, 0.25) is 5.54 Å². The minimum absolute atomic E-state index is 0.124. The van der Waals surface area contributed by atoms with Crippen LogP contribution in [-0.2, 0) is 19.6 Å². The molecule has 0 fully saturated rings. The number of anilines is 1. The topological polar surface area (TPSA) is 23.5 Å². The van der Waals surface area contributed by atoms with Crippen molar-refractivity contribution in [3.05, 3.63) is 65.2 Å². The predicted octanol–water partition coefficient (Wildman–Crippen LogP) is 4.31. The van der Waals surface area contributed by atoms with Gasteiger partial charge in [0.25, 0.3) is 6.43 Å². The molecule has 1 unspecified atom stereocenters. The molecule has 3 rings (SSSR count). The molecule has 2 aromatic rings. The molecule has 0 aromatic heterocycles. The summed E-state index contributed by atoms with van der Waals surface area (Å²) in [5.74, 6) is 0. The standard InChI is InChI=1S/C18H16F5NO/c19-16(20)17(18(21,22)23)9-14-8-13(11-25)6-7-15(14)24(17)10-12-4-2-1-3-5-12/h1-8,16,25H,9-11H2. The molecule has 1 atom stereocenters. The van der Waals surface area contributed by atoms with E-state index in [1.54, 1.807) is 30.3 Å². The molecule has 7 heteroatoms. The maximum atomic E-state index is 13.8. The molecule has 0 saturated heterocycles. The SMILES string of the molecule is OCc1ccc2c(c1)CC(C(F)F)(C(F)(F)F)N2Cc1ccccc1. The van der Waals surface area contributed by atoms with Crippen LogP contribution in [0.5, 0.6) is 0 Å². The summed E-state index contributed by atoms with van der Waals surface area (Å²) in [7, 11) is 0. The van der Waals surface area contributed by atoms with Crippen LogP contribution in [0.4, 0.5) is 27.6 Å². The highest BCUT2D eigenvalue weighted by atomic mass is 19.4. The smallest absolute Gasteiger partial charge is 0.392 e. The molecule has 0 amide bonds. The molecule has 0 saturated carbocycles. The first-order valence-corrected chi connectivity index (χ1v) is 7.68. The lowest BCUT2D eigenvalue weighted by atomic mass is 9.93. The van der Waals surface area contributed by atoms with Crippen molar-refractivity contribution < 1.29 is 27.1 Å². The van der Waals surface area contributed by atoms with E-state index in [4.69, 9.17) is 0 Å². The summed E-state index contributed by atoms with van der Waals surface area (Å²) < 4.78 is 68.9. The molecule has 0 radical (unpaired) electrons. The van der Waals surface area contributed by atoms with Gasteiger partial charge < -0.3 is 10.0 Å². The van der Waals surface area contributed by atoms with E-state index < -0.39 is 24.6 Å². The van der Waals surface area contributed by atoms with E-state index in [0.717, 1.165) is 4.90 Å². The van der Waals surface area contributed by atoms with Crippen LogP contribution in [0.1, 0.15) is 16.7 Å². The van der Waals surface area contributed by atoms with E-state index in [9.17, 15) is 27.1 Å².